The van der Waals surface area contributed by atoms with E-state index in [9.17, 15) is 38.4 Å². The lowest BCUT2D eigenvalue weighted by atomic mass is 10.0. The van der Waals surface area contributed by atoms with Crippen LogP contribution in [0.5, 0.6) is 23.0 Å². The number of benzene rings is 4. The van der Waals surface area contributed by atoms with Crippen LogP contribution in [-0.4, -0.2) is 124 Å². The molecule has 0 spiro atoms. The monoisotopic (exact) mass is 1350 g/mol. The number of carbonyl (C=O) groups is 8. The fourth-order valence-corrected chi connectivity index (χ4v) is 10.4. The molecule has 4 aromatic carbocycles. The van der Waals surface area contributed by atoms with E-state index < -0.39 is 71.4 Å². The maximum atomic E-state index is 14.8. The predicted molar refractivity (Wildman–Crippen MR) is 382 cm³/mol. The third-order valence-electron chi connectivity index (χ3n) is 15.5. The number of ether oxygens (including phenoxy) is 4. The Kier molecular flexibility index (Phi) is 36.6. The van der Waals surface area contributed by atoms with Gasteiger partial charge in [0, 0.05) is 22.7 Å². The summed E-state index contributed by atoms with van der Waals surface area (Å²) in [6.45, 7) is 18.5. The van der Waals surface area contributed by atoms with E-state index in [1.807, 2.05) is 55.4 Å². The Morgan fingerprint density at radius 2 is 0.588 bits per heavy atom. The molecule has 25 nitrogen and oxygen atoms in total. The number of hydrogen-bond donors (Lipinski definition) is 13. The van der Waals surface area contributed by atoms with Gasteiger partial charge in [0.05, 0.1) is 54.7 Å². The van der Waals surface area contributed by atoms with Gasteiger partial charge in [0.25, 0.3) is 23.6 Å². The van der Waals surface area contributed by atoms with Crippen molar-refractivity contribution in [3.8, 4) is 23.0 Å². The highest BCUT2D eigenvalue weighted by atomic mass is 16.5. The molecule has 19 N–H and O–H groups in total. The van der Waals surface area contributed by atoms with Crippen LogP contribution in [0.25, 0.3) is 0 Å². The molecule has 0 bridgehead atoms. The summed E-state index contributed by atoms with van der Waals surface area (Å²) in [5.74, 6) is -4.25. The number of carbonyl (C=O) groups excluding carboxylic acids is 8. The minimum atomic E-state index is -1.16. The van der Waals surface area contributed by atoms with Crippen molar-refractivity contribution in [2.75, 3.05) is 73.9 Å². The van der Waals surface area contributed by atoms with Crippen molar-refractivity contribution in [3.63, 3.8) is 0 Å². The van der Waals surface area contributed by atoms with Crippen molar-refractivity contribution in [2.24, 2.45) is 58.1 Å². The Balaban J connectivity index is 1.66. The first kappa shape index (κ1) is 81.1. The van der Waals surface area contributed by atoms with Crippen LogP contribution in [0.3, 0.4) is 0 Å². The molecule has 4 atom stereocenters. The molecule has 0 fully saturated rings. The summed E-state index contributed by atoms with van der Waals surface area (Å²) in [7, 11) is 0. The van der Waals surface area contributed by atoms with Gasteiger partial charge in [-0.3, -0.25) is 38.4 Å². The molecule has 0 aliphatic carbocycles. The van der Waals surface area contributed by atoms with Crippen LogP contribution in [0.15, 0.2) is 72.8 Å². The van der Waals surface area contributed by atoms with Crippen LogP contribution in [-0.2, 0) is 19.2 Å². The van der Waals surface area contributed by atoms with Gasteiger partial charge in [0.1, 0.15) is 41.1 Å². The highest BCUT2D eigenvalue weighted by Crippen LogP contribution is 2.30. The largest absolute Gasteiger partial charge is 0.493 e. The topological polar surface area (TPSA) is 414 Å². The van der Waals surface area contributed by atoms with E-state index in [4.69, 9.17) is 53.3 Å². The number of amides is 8. The van der Waals surface area contributed by atoms with E-state index >= 15 is 0 Å². The molecule has 97 heavy (non-hydrogen) atoms. The van der Waals surface area contributed by atoms with Gasteiger partial charge in [0.15, 0.2) is 0 Å². The first-order valence-electron chi connectivity index (χ1n) is 34.5. The van der Waals surface area contributed by atoms with Crippen LogP contribution in [0.2, 0.25) is 0 Å². The zero-order valence-electron chi connectivity index (χ0n) is 58.4. The smallest absolute Gasteiger partial charge is 0.255 e. The van der Waals surface area contributed by atoms with E-state index in [0.29, 0.717) is 64.2 Å². The number of anilines is 4. The molecular weight excluding hydrogens is 1240 g/mol. The van der Waals surface area contributed by atoms with Crippen LogP contribution in [0.1, 0.15) is 200 Å². The molecule has 25 heteroatoms. The third-order valence-corrected chi connectivity index (χ3v) is 15.5. The second kappa shape index (κ2) is 43.7. The average Bonchev–Trinajstić information content (AvgIpc) is 0.888. The maximum Gasteiger partial charge on any atom is 0.255 e. The van der Waals surface area contributed by atoms with Crippen molar-refractivity contribution < 1.29 is 57.3 Å². The fraction of sp³-hybridized carbons (Fsp3) is 0.556. The molecule has 0 saturated carbocycles. The first-order chi connectivity index (χ1) is 46.4. The Morgan fingerprint density at radius 3 is 0.835 bits per heavy atom. The molecule has 0 saturated heterocycles. The van der Waals surface area contributed by atoms with Gasteiger partial charge in [-0.2, -0.15) is 0 Å². The fourth-order valence-electron chi connectivity index (χ4n) is 10.4. The maximum absolute atomic E-state index is 14.8. The minimum Gasteiger partial charge on any atom is -0.493 e. The number of primary amides is 1. The highest BCUT2D eigenvalue weighted by Gasteiger charge is 2.30. The molecule has 0 radical (unpaired) electrons. The molecular formula is C72H111N13O12. The van der Waals surface area contributed by atoms with Crippen molar-refractivity contribution in [3.05, 3.63) is 95.1 Å². The van der Waals surface area contributed by atoms with Crippen molar-refractivity contribution >= 4 is 70.0 Å². The number of hydrogen-bond acceptors (Lipinski definition) is 17. The highest BCUT2D eigenvalue weighted by molar-refractivity contribution is 6.07. The average molecular weight is 1350 g/mol. The van der Waals surface area contributed by atoms with E-state index in [0.717, 1.165) is 57.8 Å². The molecule has 0 heterocycles. The lowest BCUT2D eigenvalue weighted by Crippen LogP contribution is -2.45. The molecule has 8 amide bonds. The summed E-state index contributed by atoms with van der Waals surface area (Å²) in [6.07, 6.45) is 10.0. The Morgan fingerprint density at radius 1 is 0.340 bits per heavy atom. The van der Waals surface area contributed by atoms with E-state index in [1.165, 1.54) is 24.3 Å². The molecule has 4 aromatic rings. The molecule has 0 unspecified atom stereocenters. The van der Waals surface area contributed by atoms with Gasteiger partial charge in [-0.15, -0.1) is 0 Å². The van der Waals surface area contributed by atoms with Crippen molar-refractivity contribution in [1.29, 1.82) is 0 Å². The second-order valence-corrected chi connectivity index (χ2v) is 26.2. The predicted octanol–water partition coefficient (Wildman–Crippen LogP) is 8.48. The van der Waals surface area contributed by atoms with Gasteiger partial charge in [-0.05, 0) is 225 Å². The number of rotatable bonds is 47. The zero-order chi connectivity index (χ0) is 71.4. The van der Waals surface area contributed by atoms with E-state index in [2.05, 4.69) is 37.2 Å². The quantitative estimate of drug-likeness (QED) is 0.0184. The molecule has 0 aromatic heterocycles. The summed E-state index contributed by atoms with van der Waals surface area (Å²) in [5.41, 5.74) is 35.9. The van der Waals surface area contributed by atoms with Gasteiger partial charge in [0.2, 0.25) is 23.6 Å². The number of unbranched alkanes of at least 4 members (excludes halogenated alkanes) is 8. The summed E-state index contributed by atoms with van der Waals surface area (Å²) >= 11 is 0. The molecule has 4 rings (SSSR count). The zero-order valence-corrected chi connectivity index (χ0v) is 58.4. The summed E-state index contributed by atoms with van der Waals surface area (Å²) in [5, 5.41) is 20.1. The Labute approximate surface area is 573 Å². The molecule has 536 valence electrons. The second-order valence-electron chi connectivity index (χ2n) is 26.2. The lowest BCUT2D eigenvalue weighted by molar-refractivity contribution is -0.119. The normalized spacial score (nSPS) is 12.5. The summed E-state index contributed by atoms with van der Waals surface area (Å²) in [6, 6.07) is 14.2. The van der Waals surface area contributed by atoms with Crippen LogP contribution >= 0.6 is 0 Å². The Bertz CT molecular complexity index is 3160. The summed E-state index contributed by atoms with van der Waals surface area (Å²) < 4.78 is 24.3. The van der Waals surface area contributed by atoms with Gasteiger partial charge in [-0.1, -0.05) is 55.4 Å². The lowest BCUT2D eigenvalue weighted by Gasteiger charge is -2.23. The Hall–Kier alpha value is -8.36. The van der Waals surface area contributed by atoms with Gasteiger partial charge < -0.3 is 90.6 Å². The number of nitrogens with one attached hydrogen (secondary N) is 7. The van der Waals surface area contributed by atoms with E-state index in [1.54, 1.807) is 48.5 Å². The van der Waals surface area contributed by atoms with Crippen LogP contribution < -0.4 is 90.6 Å². The minimum absolute atomic E-state index is 0.00110. The van der Waals surface area contributed by atoms with Crippen molar-refractivity contribution in [1.82, 2.24) is 16.0 Å². The van der Waals surface area contributed by atoms with Gasteiger partial charge in [-0.25, -0.2) is 0 Å². The number of nitrogens with two attached hydrogens (primary N) is 6. The standard InChI is InChI=1S/C72H111N13O12/c1-45(2)37-57(77)69(90)79-50-22-26-62(95-34-18-10-14-30-74)54(42-50)66(87)84-59(39-47(5)6)71(92)81-52-24-28-64(97-36-20-12-16-32-76)56(44-52)68(89)85-60(40-48(7)8)72(93)82-51-23-27-63(96-35-19-11-15-31-75)55(43-51)67(88)83-58(38-46(3)4)70(91)80-49-21-25-61(53(41-49)65(78)86)94-33-17-9-13-29-73/h21-28,41-48,57-60H,9-20,29-40,73-77H2,1-8H3,(H2,78,86)(H,79,90)(H,80,91)(H,81,92)(H,82,93)(H,83,88)(H,84,87)(H,85,89)/t57-,58+,59+,60-/m1/s1. The van der Waals surface area contributed by atoms with Crippen LogP contribution in [0.4, 0.5) is 22.7 Å². The molecule has 0 aliphatic rings. The van der Waals surface area contributed by atoms with Crippen LogP contribution in [0, 0.1) is 23.7 Å². The van der Waals surface area contributed by atoms with Gasteiger partial charge >= 0.3 is 0 Å². The summed E-state index contributed by atoms with van der Waals surface area (Å²) in [4.78, 5) is 113. The molecule has 0 aliphatic heterocycles. The van der Waals surface area contributed by atoms with E-state index in [-0.39, 0.29) is 125 Å². The SMILES string of the molecule is CC(C)C[C@@H](N)C(=O)Nc1ccc(OCCCCCN)c(C(=O)N[C@@H](CC(C)C)C(=O)Nc2ccc(OCCCCCN)c(C(=O)N[C@H](CC(C)C)C(=O)Nc3ccc(OCCCCCN)c(C(=O)N[C@@H](CC(C)C)C(=O)Nc4ccc(OCCCCCN)c(C(N)=O)c4)c3)c2)c1. The third kappa shape index (κ3) is 29.5. The first-order valence-corrected chi connectivity index (χ1v) is 34.5. The van der Waals surface area contributed by atoms with Crippen molar-refractivity contribution in [2.45, 2.75) is 182 Å².